The fourth-order valence-electron chi connectivity index (χ4n) is 3.72. The van der Waals surface area contributed by atoms with Gasteiger partial charge in [-0.3, -0.25) is 4.79 Å². The number of alkyl halides is 2. The van der Waals surface area contributed by atoms with Crippen molar-refractivity contribution >= 4 is 24.0 Å². The second kappa shape index (κ2) is 10.0. The predicted octanol–water partition coefficient (Wildman–Crippen LogP) is 3.67. The van der Waals surface area contributed by atoms with Crippen molar-refractivity contribution in [2.24, 2.45) is 0 Å². The first-order chi connectivity index (χ1) is 15.3. The van der Waals surface area contributed by atoms with Gasteiger partial charge in [0, 0.05) is 38.3 Å². The van der Waals surface area contributed by atoms with Crippen molar-refractivity contribution in [1.82, 2.24) is 20.0 Å². The number of hydrogen-bond donors (Lipinski definition) is 2. The van der Waals surface area contributed by atoms with Gasteiger partial charge in [0.05, 0.1) is 35.2 Å². The third kappa shape index (κ3) is 4.66. The van der Waals surface area contributed by atoms with E-state index in [1.807, 2.05) is 0 Å². The van der Waals surface area contributed by atoms with Crippen LogP contribution in [0.5, 0.6) is 0 Å². The molecule has 1 fully saturated rings. The minimum atomic E-state index is -2.77. The van der Waals surface area contributed by atoms with Crippen molar-refractivity contribution in [3.05, 3.63) is 58.7 Å². The zero-order chi connectivity index (χ0) is 23.0. The molecule has 2 aromatic heterocycles. The highest BCUT2D eigenvalue weighted by molar-refractivity contribution is 5.95. The lowest BCUT2D eigenvalue weighted by molar-refractivity contribution is 0.0286. The first kappa shape index (κ1) is 24.9. The summed E-state index contributed by atoms with van der Waals surface area (Å²) in [6.45, 7) is 1.52. The van der Waals surface area contributed by atoms with Gasteiger partial charge < -0.3 is 19.8 Å². The predicted molar refractivity (Wildman–Crippen MR) is 112 cm³/mol. The van der Waals surface area contributed by atoms with Crippen LogP contribution >= 0.6 is 12.4 Å². The largest absolute Gasteiger partial charge is 0.375 e. The number of carbonyl (C=O) groups is 1. The van der Waals surface area contributed by atoms with Gasteiger partial charge in [0.25, 0.3) is 12.3 Å². The van der Waals surface area contributed by atoms with Crippen LogP contribution in [0.25, 0.3) is 16.9 Å². The first-order valence-electron chi connectivity index (χ1n) is 9.83. The number of morpholine rings is 1. The van der Waals surface area contributed by atoms with Gasteiger partial charge in [0.15, 0.2) is 11.6 Å². The molecule has 0 bridgehead atoms. The van der Waals surface area contributed by atoms with Crippen molar-refractivity contribution in [3.63, 3.8) is 0 Å². The maximum absolute atomic E-state index is 15.0. The van der Waals surface area contributed by atoms with Crippen LogP contribution in [0.15, 0.2) is 24.4 Å². The number of nitrogens with one attached hydrogen (secondary N) is 2. The van der Waals surface area contributed by atoms with E-state index >= 15 is 0 Å². The number of nitrogens with zero attached hydrogens (tertiary/aromatic N) is 2. The van der Waals surface area contributed by atoms with Crippen molar-refractivity contribution in [2.75, 3.05) is 26.7 Å². The summed E-state index contributed by atoms with van der Waals surface area (Å²) >= 11 is 0. The normalized spacial score (nSPS) is 16.2. The summed E-state index contributed by atoms with van der Waals surface area (Å²) in [6, 6.07) is 2.86. The van der Waals surface area contributed by atoms with E-state index in [2.05, 4.69) is 15.6 Å². The lowest BCUT2D eigenvalue weighted by Gasteiger charge is -2.24. The Hall–Kier alpha value is -2.76. The van der Waals surface area contributed by atoms with Crippen molar-refractivity contribution in [1.29, 1.82) is 0 Å². The van der Waals surface area contributed by atoms with Crippen LogP contribution < -0.4 is 10.6 Å². The number of amides is 1. The van der Waals surface area contributed by atoms with Crippen LogP contribution in [0.3, 0.4) is 0 Å². The number of aromatic nitrogens is 2. The molecule has 3 heterocycles. The third-order valence-corrected chi connectivity index (χ3v) is 5.29. The number of rotatable bonds is 5. The van der Waals surface area contributed by atoms with Crippen LogP contribution in [0, 0.1) is 17.5 Å². The van der Waals surface area contributed by atoms with E-state index in [4.69, 9.17) is 4.74 Å². The summed E-state index contributed by atoms with van der Waals surface area (Å²) in [5.74, 6) is -5.33. The number of fused-ring (bicyclic) bond motifs is 1. The van der Waals surface area contributed by atoms with Gasteiger partial charge >= 0.3 is 0 Å². The molecule has 1 aliphatic rings. The van der Waals surface area contributed by atoms with E-state index in [0.29, 0.717) is 25.8 Å². The average Bonchev–Trinajstić information content (AvgIpc) is 3.13. The summed E-state index contributed by atoms with van der Waals surface area (Å²) in [5, 5.41) is 5.24. The van der Waals surface area contributed by atoms with E-state index in [9.17, 15) is 26.7 Å². The average molecular weight is 491 g/mol. The highest BCUT2D eigenvalue weighted by Gasteiger charge is 2.29. The molecule has 33 heavy (non-hydrogen) atoms. The number of carbonyl (C=O) groups excluding carboxylic acids is 1. The minimum absolute atomic E-state index is 0. The molecule has 2 N–H and O–H groups in total. The topological polar surface area (TPSA) is 67.7 Å². The molecular formula is C21H20ClF5N4O2. The number of benzene rings is 1. The molecule has 0 saturated carbocycles. The monoisotopic (exact) mass is 490 g/mol. The Morgan fingerprint density at radius 1 is 1.30 bits per heavy atom. The maximum atomic E-state index is 15.0. The minimum Gasteiger partial charge on any atom is -0.375 e. The van der Waals surface area contributed by atoms with Gasteiger partial charge in [-0.05, 0) is 18.2 Å². The molecule has 1 aliphatic heterocycles. The number of imidazole rings is 1. The van der Waals surface area contributed by atoms with Crippen LogP contribution in [0.1, 0.15) is 28.0 Å². The molecule has 4 rings (SSSR count). The number of halogens is 6. The molecule has 1 aromatic carbocycles. The molecule has 0 spiro atoms. The number of pyridine rings is 1. The molecule has 178 valence electrons. The quantitative estimate of drug-likeness (QED) is 0.423. The Bertz CT molecular complexity index is 1180. The fourth-order valence-corrected chi connectivity index (χ4v) is 3.72. The smallest absolute Gasteiger partial charge is 0.264 e. The van der Waals surface area contributed by atoms with Gasteiger partial charge in [-0.2, -0.15) is 0 Å². The zero-order valence-corrected chi connectivity index (χ0v) is 18.1. The Morgan fingerprint density at radius 3 is 2.70 bits per heavy atom. The van der Waals surface area contributed by atoms with Crippen LogP contribution in [-0.4, -0.2) is 48.1 Å². The molecule has 0 aliphatic carbocycles. The van der Waals surface area contributed by atoms with Gasteiger partial charge in [-0.15, -0.1) is 12.4 Å². The van der Waals surface area contributed by atoms with E-state index in [0.717, 1.165) is 6.07 Å². The van der Waals surface area contributed by atoms with Crippen LogP contribution in [-0.2, 0) is 11.2 Å². The standard InChI is InChI=1S/C21H19F5N4O2.ClH/c1-27-21(31)12-8-13(22)16(18(24)17(12)23)19-14(7-11-9-28-3-5-32-11)30-4-2-10(20(25)26)6-15(30)29-19;/h2,4,6,8,11,20,28H,3,5,7,9H2,1H3,(H,27,31);1H/t11-;/m0./s1. The van der Waals surface area contributed by atoms with E-state index in [-0.39, 0.29) is 47.5 Å². The lowest BCUT2D eigenvalue weighted by atomic mass is 10.0. The first-order valence-corrected chi connectivity index (χ1v) is 9.83. The van der Waals surface area contributed by atoms with Gasteiger partial charge in [0.1, 0.15) is 11.5 Å². The molecule has 0 radical (unpaired) electrons. The number of ether oxygens (including phenoxy) is 1. The maximum Gasteiger partial charge on any atom is 0.264 e. The molecule has 3 aromatic rings. The summed E-state index contributed by atoms with van der Waals surface area (Å²) < 4.78 is 78.0. The third-order valence-electron chi connectivity index (χ3n) is 5.29. The molecule has 1 saturated heterocycles. The molecule has 0 unspecified atom stereocenters. The summed E-state index contributed by atoms with van der Waals surface area (Å²) in [7, 11) is 1.20. The molecule has 1 amide bonds. The van der Waals surface area contributed by atoms with Crippen molar-refractivity contribution < 1.29 is 31.5 Å². The van der Waals surface area contributed by atoms with Crippen LogP contribution in [0.2, 0.25) is 0 Å². The van der Waals surface area contributed by atoms with Crippen LogP contribution in [0.4, 0.5) is 22.0 Å². The molecule has 1 atom stereocenters. The molecule has 6 nitrogen and oxygen atoms in total. The Morgan fingerprint density at radius 2 is 2.06 bits per heavy atom. The van der Waals surface area contributed by atoms with Crippen molar-refractivity contribution in [2.45, 2.75) is 19.0 Å². The Labute approximate surface area is 191 Å². The van der Waals surface area contributed by atoms with E-state index in [1.165, 1.54) is 23.7 Å². The molecule has 12 heteroatoms. The highest BCUT2D eigenvalue weighted by Crippen LogP contribution is 2.34. The number of hydrogen-bond acceptors (Lipinski definition) is 4. The second-order valence-electron chi connectivity index (χ2n) is 7.29. The Kier molecular flexibility index (Phi) is 7.55. The summed E-state index contributed by atoms with van der Waals surface area (Å²) in [4.78, 5) is 15.9. The second-order valence-corrected chi connectivity index (χ2v) is 7.29. The van der Waals surface area contributed by atoms with E-state index in [1.54, 1.807) is 0 Å². The van der Waals surface area contributed by atoms with E-state index < -0.39 is 40.9 Å². The zero-order valence-electron chi connectivity index (χ0n) is 17.3. The Balaban J connectivity index is 0.00000306. The SMILES string of the molecule is CNC(=O)c1cc(F)c(-c2nc3cc(C(F)F)ccn3c2C[C@H]2CNCCO2)c(F)c1F.Cl. The van der Waals surface area contributed by atoms with Gasteiger partial charge in [-0.25, -0.2) is 26.9 Å². The van der Waals surface area contributed by atoms with Gasteiger partial charge in [-0.1, -0.05) is 0 Å². The van der Waals surface area contributed by atoms with Crippen molar-refractivity contribution in [3.8, 4) is 11.3 Å². The summed E-state index contributed by atoms with van der Waals surface area (Å²) in [6.07, 6.45) is -1.69. The molecular weight excluding hydrogens is 471 g/mol. The highest BCUT2D eigenvalue weighted by atomic mass is 35.5. The lowest BCUT2D eigenvalue weighted by Crippen LogP contribution is -2.39. The van der Waals surface area contributed by atoms with Gasteiger partial charge in [0.2, 0.25) is 0 Å². The fraction of sp³-hybridized carbons (Fsp3) is 0.333. The summed E-state index contributed by atoms with van der Waals surface area (Å²) in [5.41, 5.74) is -1.86.